The van der Waals surface area contributed by atoms with Crippen molar-refractivity contribution in [3.63, 3.8) is 0 Å². The number of allylic oxidation sites excluding steroid dienone is 1. The predicted molar refractivity (Wildman–Crippen MR) is 55.4 cm³/mol. The Morgan fingerprint density at radius 1 is 1.38 bits per heavy atom. The van der Waals surface area contributed by atoms with Gasteiger partial charge in [-0.05, 0) is 19.8 Å². The molecule has 0 heterocycles. The number of rotatable bonds is 3. The molecule has 0 atom stereocenters. The summed E-state index contributed by atoms with van der Waals surface area (Å²) in [6, 6.07) is 0. The number of hydrogen-bond acceptors (Lipinski definition) is 1. The van der Waals surface area contributed by atoms with Crippen molar-refractivity contribution in [2.45, 2.75) is 32.6 Å². The third-order valence-electron chi connectivity index (χ3n) is 2.29. The number of ether oxygens (including phenoxy) is 1. The van der Waals surface area contributed by atoms with Gasteiger partial charge in [0.25, 0.3) is 0 Å². The Kier molecular flexibility index (Phi) is 5.36. The van der Waals surface area contributed by atoms with Gasteiger partial charge in [0.15, 0.2) is 0 Å². The van der Waals surface area contributed by atoms with Crippen LogP contribution >= 0.6 is 0 Å². The summed E-state index contributed by atoms with van der Waals surface area (Å²) in [5, 5.41) is 0. The highest BCUT2D eigenvalue weighted by molar-refractivity contribution is 5.05. The Morgan fingerprint density at radius 2 is 2.15 bits per heavy atom. The van der Waals surface area contributed by atoms with Gasteiger partial charge in [-0.25, -0.2) is 0 Å². The molecule has 1 aliphatic rings. The van der Waals surface area contributed by atoms with E-state index in [1.165, 1.54) is 25.7 Å². The van der Waals surface area contributed by atoms with E-state index in [2.05, 4.69) is 11.8 Å². The third-order valence-corrected chi connectivity index (χ3v) is 2.29. The Labute approximate surface area is 81.2 Å². The van der Waals surface area contributed by atoms with Crippen LogP contribution in [0, 0.1) is 17.8 Å². The molecule has 0 aromatic heterocycles. The van der Waals surface area contributed by atoms with Crippen LogP contribution in [-0.2, 0) is 4.74 Å². The fourth-order valence-corrected chi connectivity index (χ4v) is 1.53. The SMILES string of the molecule is C/C=C/COCC#CC1CCCC1. The van der Waals surface area contributed by atoms with Crippen molar-refractivity contribution in [3.05, 3.63) is 12.2 Å². The van der Waals surface area contributed by atoms with Crippen LogP contribution in [0.4, 0.5) is 0 Å². The van der Waals surface area contributed by atoms with Gasteiger partial charge >= 0.3 is 0 Å². The van der Waals surface area contributed by atoms with E-state index in [0.717, 1.165) is 0 Å². The zero-order chi connectivity index (χ0) is 9.36. The second-order valence-corrected chi connectivity index (χ2v) is 3.39. The van der Waals surface area contributed by atoms with E-state index in [4.69, 9.17) is 4.74 Å². The predicted octanol–water partition coefficient (Wildman–Crippen LogP) is 2.77. The molecule has 1 saturated carbocycles. The lowest BCUT2D eigenvalue weighted by Crippen LogP contribution is -1.92. The Morgan fingerprint density at radius 3 is 2.85 bits per heavy atom. The highest BCUT2D eigenvalue weighted by Gasteiger charge is 2.10. The molecule has 0 saturated heterocycles. The molecule has 0 amide bonds. The molecular weight excluding hydrogens is 160 g/mol. The smallest absolute Gasteiger partial charge is 0.108 e. The first-order valence-corrected chi connectivity index (χ1v) is 5.11. The highest BCUT2D eigenvalue weighted by atomic mass is 16.5. The van der Waals surface area contributed by atoms with Crippen molar-refractivity contribution in [2.75, 3.05) is 13.2 Å². The van der Waals surface area contributed by atoms with Crippen LogP contribution in [0.3, 0.4) is 0 Å². The molecule has 0 aromatic carbocycles. The van der Waals surface area contributed by atoms with Gasteiger partial charge in [-0.15, -0.1) is 0 Å². The van der Waals surface area contributed by atoms with Gasteiger partial charge in [-0.3, -0.25) is 0 Å². The van der Waals surface area contributed by atoms with Gasteiger partial charge in [0.05, 0.1) is 6.61 Å². The molecule has 1 fully saturated rings. The molecule has 1 nitrogen and oxygen atoms in total. The first-order valence-electron chi connectivity index (χ1n) is 5.11. The molecule has 1 heteroatoms. The van der Waals surface area contributed by atoms with Gasteiger partial charge in [-0.2, -0.15) is 0 Å². The largest absolute Gasteiger partial charge is 0.365 e. The van der Waals surface area contributed by atoms with E-state index >= 15 is 0 Å². The lowest BCUT2D eigenvalue weighted by atomic mass is 10.1. The van der Waals surface area contributed by atoms with Crippen molar-refractivity contribution in [1.82, 2.24) is 0 Å². The molecule has 0 radical (unpaired) electrons. The van der Waals surface area contributed by atoms with E-state index in [1.54, 1.807) is 0 Å². The molecule has 1 rings (SSSR count). The zero-order valence-electron chi connectivity index (χ0n) is 8.38. The summed E-state index contributed by atoms with van der Waals surface area (Å²) >= 11 is 0. The minimum absolute atomic E-state index is 0.584. The maximum atomic E-state index is 5.27. The van der Waals surface area contributed by atoms with Crippen molar-refractivity contribution >= 4 is 0 Å². The zero-order valence-corrected chi connectivity index (χ0v) is 8.38. The first-order chi connectivity index (χ1) is 6.43. The molecule has 1 aliphatic carbocycles. The van der Waals surface area contributed by atoms with E-state index in [0.29, 0.717) is 19.1 Å². The Hall–Kier alpha value is -0.740. The lowest BCUT2D eigenvalue weighted by Gasteiger charge is -1.95. The van der Waals surface area contributed by atoms with Crippen LogP contribution in [0.1, 0.15) is 32.6 Å². The molecular formula is C12H18O. The van der Waals surface area contributed by atoms with Crippen LogP contribution in [0.25, 0.3) is 0 Å². The summed E-state index contributed by atoms with van der Waals surface area (Å²) in [6.45, 7) is 3.27. The normalized spacial score (nSPS) is 17.6. The van der Waals surface area contributed by atoms with Crippen LogP contribution in [0.15, 0.2) is 12.2 Å². The molecule has 0 aromatic rings. The summed E-state index contributed by atoms with van der Waals surface area (Å²) in [6.07, 6.45) is 9.29. The fraction of sp³-hybridized carbons (Fsp3) is 0.667. The van der Waals surface area contributed by atoms with E-state index in [1.807, 2.05) is 19.1 Å². The highest BCUT2D eigenvalue weighted by Crippen LogP contribution is 2.23. The van der Waals surface area contributed by atoms with E-state index in [9.17, 15) is 0 Å². The summed E-state index contributed by atoms with van der Waals surface area (Å²) in [5.74, 6) is 7.00. The van der Waals surface area contributed by atoms with Crippen molar-refractivity contribution in [1.29, 1.82) is 0 Å². The van der Waals surface area contributed by atoms with Gasteiger partial charge in [-0.1, -0.05) is 36.8 Å². The third kappa shape index (κ3) is 4.75. The average Bonchev–Trinajstić information content (AvgIpc) is 2.63. The minimum Gasteiger partial charge on any atom is -0.365 e. The minimum atomic E-state index is 0.584. The van der Waals surface area contributed by atoms with Gasteiger partial charge in [0, 0.05) is 5.92 Å². The Balaban J connectivity index is 2.02. The molecule has 0 aliphatic heterocycles. The lowest BCUT2D eigenvalue weighted by molar-refractivity contribution is 0.199. The molecule has 13 heavy (non-hydrogen) atoms. The second-order valence-electron chi connectivity index (χ2n) is 3.39. The topological polar surface area (TPSA) is 9.23 Å². The summed E-state index contributed by atoms with van der Waals surface area (Å²) in [4.78, 5) is 0. The molecule has 72 valence electrons. The van der Waals surface area contributed by atoms with E-state index < -0.39 is 0 Å². The summed E-state index contributed by atoms with van der Waals surface area (Å²) < 4.78 is 5.27. The van der Waals surface area contributed by atoms with Gasteiger partial charge in [0.2, 0.25) is 0 Å². The van der Waals surface area contributed by atoms with Crippen LogP contribution < -0.4 is 0 Å². The second kappa shape index (κ2) is 6.74. The fourth-order valence-electron chi connectivity index (χ4n) is 1.53. The summed E-state index contributed by atoms with van der Waals surface area (Å²) in [5.41, 5.74) is 0. The summed E-state index contributed by atoms with van der Waals surface area (Å²) in [7, 11) is 0. The number of hydrogen-bond donors (Lipinski definition) is 0. The van der Waals surface area contributed by atoms with Crippen LogP contribution in [-0.4, -0.2) is 13.2 Å². The van der Waals surface area contributed by atoms with Crippen molar-refractivity contribution < 1.29 is 4.74 Å². The first kappa shape index (κ1) is 10.3. The molecule has 0 bridgehead atoms. The van der Waals surface area contributed by atoms with E-state index in [-0.39, 0.29) is 0 Å². The van der Waals surface area contributed by atoms with Crippen LogP contribution in [0.5, 0.6) is 0 Å². The van der Waals surface area contributed by atoms with Crippen molar-refractivity contribution in [3.8, 4) is 11.8 Å². The van der Waals surface area contributed by atoms with Crippen molar-refractivity contribution in [2.24, 2.45) is 5.92 Å². The molecule has 0 spiro atoms. The Bertz CT molecular complexity index is 201. The monoisotopic (exact) mass is 178 g/mol. The maximum Gasteiger partial charge on any atom is 0.108 e. The maximum absolute atomic E-state index is 5.27. The van der Waals surface area contributed by atoms with Gasteiger partial charge < -0.3 is 4.74 Å². The van der Waals surface area contributed by atoms with Crippen LogP contribution in [0.2, 0.25) is 0 Å². The molecule has 0 N–H and O–H groups in total. The standard InChI is InChI=1S/C12H18O/c1-2-3-10-13-11-6-9-12-7-4-5-8-12/h2-3,12H,4-5,7-8,10-11H2,1H3/b3-2+. The quantitative estimate of drug-likeness (QED) is 0.367. The molecule has 0 unspecified atom stereocenters. The van der Waals surface area contributed by atoms with Gasteiger partial charge in [0.1, 0.15) is 6.61 Å². The average molecular weight is 178 g/mol.